The van der Waals surface area contributed by atoms with E-state index in [2.05, 4.69) is 41.4 Å². The fraction of sp³-hybridized carbons (Fsp3) is 0.444. The smallest absolute Gasteiger partial charge is 0.225 e. The first-order valence-corrected chi connectivity index (χ1v) is 8.01. The van der Waals surface area contributed by atoms with Crippen molar-refractivity contribution >= 4 is 17.5 Å². The monoisotopic (exact) mass is 312 g/mol. The van der Waals surface area contributed by atoms with E-state index in [4.69, 9.17) is 4.74 Å². The Hall–Kier alpha value is -2.30. The lowest BCUT2D eigenvalue weighted by molar-refractivity contribution is 0.415. The van der Waals surface area contributed by atoms with Crippen LogP contribution in [0.4, 0.5) is 17.5 Å². The van der Waals surface area contributed by atoms with E-state index in [1.165, 1.54) is 12.8 Å². The Balaban J connectivity index is 1.87. The topological polar surface area (TPSA) is 59.1 Å². The van der Waals surface area contributed by atoms with Crippen molar-refractivity contribution in [3.05, 3.63) is 36.0 Å². The molecule has 2 N–H and O–H groups in total. The number of nitrogens with zero attached hydrogens (tertiary/aromatic N) is 2. The van der Waals surface area contributed by atoms with E-state index in [1.54, 1.807) is 7.11 Å². The summed E-state index contributed by atoms with van der Waals surface area (Å²) >= 11 is 0. The van der Waals surface area contributed by atoms with Crippen molar-refractivity contribution < 1.29 is 4.74 Å². The summed E-state index contributed by atoms with van der Waals surface area (Å²) in [6, 6.07) is 9.88. The Morgan fingerprint density at radius 2 is 1.91 bits per heavy atom. The van der Waals surface area contributed by atoms with Gasteiger partial charge in [-0.2, -0.15) is 4.98 Å². The summed E-state index contributed by atoms with van der Waals surface area (Å²) in [6.07, 6.45) is 2.43. The summed E-state index contributed by atoms with van der Waals surface area (Å²) in [7, 11) is 1.67. The predicted molar refractivity (Wildman–Crippen MR) is 93.7 cm³/mol. The number of ether oxygens (including phenoxy) is 1. The third kappa shape index (κ3) is 4.34. The molecule has 0 saturated heterocycles. The molecule has 0 aliphatic heterocycles. The van der Waals surface area contributed by atoms with Crippen LogP contribution in [0.5, 0.6) is 5.75 Å². The van der Waals surface area contributed by atoms with Crippen LogP contribution in [0.25, 0.3) is 0 Å². The van der Waals surface area contributed by atoms with Crippen molar-refractivity contribution in [2.45, 2.75) is 45.1 Å². The van der Waals surface area contributed by atoms with E-state index >= 15 is 0 Å². The molecule has 1 aromatic heterocycles. The maximum atomic E-state index is 5.27. The quantitative estimate of drug-likeness (QED) is 0.861. The van der Waals surface area contributed by atoms with Crippen molar-refractivity contribution in [1.29, 1.82) is 0 Å². The van der Waals surface area contributed by atoms with E-state index < -0.39 is 0 Å². The summed E-state index contributed by atoms with van der Waals surface area (Å²) in [5, 5.41) is 6.72. The van der Waals surface area contributed by atoms with Crippen LogP contribution in [0.15, 0.2) is 30.3 Å². The van der Waals surface area contributed by atoms with Gasteiger partial charge in [-0.05, 0) is 45.7 Å². The van der Waals surface area contributed by atoms with Gasteiger partial charge in [0.15, 0.2) is 0 Å². The fourth-order valence-corrected chi connectivity index (χ4v) is 2.36. The molecule has 5 nitrogen and oxygen atoms in total. The molecule has 2 aromatic rings. The van der Waals surface area contributed by atoms with Crippen LogP contribution in [-0.4, -0.2) is 22.6 Å². The average molecular weight is 312 g/mol. The molecule has 0 unspecified atom stereocenters. The van der Waals surface area contributed by atoms with Gasteiger partial charge < -0.3 is 15.4 Å². The maximum absolute atomic E-state index is 5.27. The van der Waals surface area contributed by atoms with E-state index in [1.807, 2.05) is 30.3 Å². The minimum absolute atomic E-state index is 0.0740. The van der Waals surface area contributed by atoms with Gasteiger partial charge in [0.05, 0.1) is 12.8 Å². The van der Waals surface area contributed by atoms with Gasteiger partial charge >= 0.3 is 0 Å². The first-order valence-electron chi connectivity index (χ1n) is 8.01. The van der Waals surface area contributed by atoms with Gasteiger partial charge in [0.25, 0.3) is 0 Å². The number of nitrogens with one attached hydrogen (secondary N) is 2. The van der Waals surface area contributed by atoms with Gasteiger partial charge in [0, 0.05) is 29.3 Å². The molecule has 1 fully saturated rings. The maximum Gasteiger partial charge on any atom is 0.225 e. The first kappa shape index (κ1) is 15.6. The highest BCUT2D eigenvalue weighted by Gasteiger charge is 2.26. The Morgan fingerprint density at radius 1 is 1.13 bits per heavy atom. The minimum atomic E-state index is -0.0740. The Bertz CT molecular complexity index is 690. The molecular formula is C18H24N4O. The summed E-state index contributed by atoms with van der Waals surface area (Å²) in [5.41, 5.74) is 1.98. The molecule has 1 aliphatic rings. The zero-order chi connectivity index (χ0) is 16.4. The molecule has 1 saturated carbocycles. The molecule has 0 spiro atoms. The molecule has 0 amide bonds. The van der Waals surface area contributed by atoms with E-state index in [9.17, 15) is 0 Å². The summed E-state index contributed by atoms with van der Waals surface area (Å²) in [5.74, 6) is 2.87. The number of benzene rings is 1. The normalized spacial score (nSPS) is 14.4. The van der Waals surface area contributed by atoms with Gasteiger partial charge in [-0.1, -0.05) is 6.07 Å². The average Bonchev–Trinajstić information content (AvgIpc) is 3.30. The minimum Gasteiger partial charge on any atom is -0.497 e. The molecule has 0 radical (unpaired) electrons. The predicted octanol–water partition coefficient (Wildman–Crippen LogP) is 4.32. The molecule has 1 aromatic carbocycles. The first-order chi connectivity index (χ1) is 10.9. The number of anilines is 3. The van der Waals surface area contributed by atoms with E-state index in [-0.39, 0.29) is 5.54 Å². The molecule has 23 heavy (non-hydrogen) atoms. The Morgan fingerprint density at radius 3 is 2.57 bits per heavy atom. The van der Waals surface area contributed by atoms with Gasteiger partial charge in [0.2, 0.25) is 5.95 Å². The van der Waals surface area contributed by atoms with Crippen molar-refractivity contribution in [1.82, 2.24) is 9.97 Å². The third-order valence-electron chi connectivity index (χ3n) is 3.57. The van der Waals surface area contributed by atoms with Crippen molar-refractivity contribution in [3.8, 4) is 5.75 Å². The van der Waals surface area contributed by atoms with Crippen molar-refractivity contribution in [3.63, 3.8) is 0 Å². The summed E-state index contributed by atoms with van der Waals surface area (Å²) in [6.45, 7) is 6.32. The summed E-state index contributed by atoms with van der Waals surface area (Å²) < 4.78 is 5.27. The molecule has 3 rings (SSSR count). The van der Waals surface area contributed by atoms with Crippen LogP contribution < -0.4 is 15.4 Å². The third-order valence-corrected chi connectivity index (χ3v) is 3.57. The second kappa shape index (κ2) is 6.07. The number of rotatable bonds is 5. The highest BCUT2D eigenvalue weighted by Crippen LogP contribution is 2.40. The molecule has 1 aliphatic carbocycles. The second-order valence-corrected chi connectivity index (χ2v) is 7.01. The van der Waals surface area contributed by atoms with Crippen molar-refractivity contribution in [2.24, 2.45) is 0 Å². The second-order valence-electron chi connectivity index (χ2n) is 7.01. The lowest BCUT2D eigenvalue weighted by Gasteiger charge is -2.21. The zero-order valence-electron chi connectivity index (χ0n) is 14.2. The highest BCUT2D eigenvalue weighted by atomic mass is 16.5. The molecule has 0 bridgehead atoms. The Kier molecular flexibility index (Phi) is 4.11. The Labute approximate surface area is 137 Å². The lowest BCUT2D eigenvalue weighted by atomic mass is 10.1. The van der Waals surface area contributed by atoms with Crippen LogP contribution in [-0.2, 0) is 0 Å². The van der Waals surface area contributed by atoms with Gasteiger partial charge in [-0.3, -0.25) is 0 Å². The SMILES string of the molecule is COc1cccc(Nc2cc(C3CC3)nc(NC(C)(C)C)n2)c1. The van der Waals surface area contributed by atoms with Gasteiger partial charge in [0.1, 0.15) is 11.6 Å². The van der Waals surface area contributed by atoms with Crippen LogP contribution in [0.3, 0.4) is 0 Å². The number of aromatic nitrogens is 2. The van der Waals surface area contributed by atoms with E-state index in [0.29, 0.717) is 11.9 Å². The summed E-state index contributed by atoms with van der Waals surface area (Å²) in [4.78, 5) is 9.27. The zero-order valence-corrected chi connectivity index (χ0v) is 14.2. The van der Waals surface area contributed by atoms with Gasteiger partial charge in [-0.25, -0.2) is 4.98 Å². The molecule has 0 atom stereocenters. The highest BCUT2D eigenvalue weighted by molar-refractivity contribution is 5.60. The largest absolute Gasteiger partial charge is 0.497 e. The number of hydrogen-bond acceptors (Lipinski definition) is 5. The van der Waals surface area contributed by atoms with Crippen molar-refractivity contribution in [2.75, 3.05) is 17.7 Å². The van der Waals surface area contributed by atoms with Crippen LogP contribution >= 0.6 is 0 Å². The van der Waals surface area contributed by atoms with Gasteiger partial charge in [-0.15, -0.1) is 0 Å². The number of hydrogen-bond donors (Lipinski definition) is 2. The molecule has 122 valence electrons. The molecule has 5 heteroatoms. The fourth-order valence-electron chi connectivity index (χ4n) is 2.36. The van der Waals surface area contributed by atoms with Crippen LogP contribution in [0, 0.1) is 0 Å². The standard InChI is InChI=1S/C18H24N4O/c1-18(2,3)22-17-20-15(12-8-9-12)11-16(21-17)19-13-6-5-7-14(10-13)23-4/h5-7,10-12H,8-9H2,1-4H3,(H2,19,20,21,22). The molecular weight excluding hydrogens is 288 g/mol. The van der Waals surface area contributed by atoms with Crippen LogP contribution in [0.1, 0.15) is 45.2 Å². The van der Waals surface area contributed by atoms with Crippen LogP contribution in [0.2, 0.25) is 0 Å². The van der Waals surface area contributed by atoms with E-state index in [0.717, 1.165) is 22.9 Å². The molecule has 1 heterocycles. The lowest BCUT2D eigenvalue weighted by Crippen LogP contribution is -2.27. The number of methoxy groups -OCH3 is 1.